The molecule has 0 fully saturated rings. The third-order valence-corrected chi connectivity index (χ3v) is 5.05. The summed E-state index contributed by atoms with van der Waals surface area (Å²) in [5.41, 5.74) is 4.73. The molecule has 2 N–H and O–H groups in total. The summed E-state index contributed by atoms with van der Waals surface area (Å²) >= 11 is 1.50. The Morgan fingerprint density at radius 2 is 2.00 bits per heavy atom. The van der Waals surface area contributed by atoms with E-state index in [4.69, 9.17) is 0 Å². The van der Waals surface area contributed by atoms with Gasteiger partial charge in [-0.25, -0.2) is 19.6 Å². The second kappa shape index (κ2) is 7.53. The molecule has 144 valence electrons. The van der Waals surface area contributed by atoms with Crippen LogP contribution in [0.1, 0.15) is 24.0 Å². The van der Waals surface area contributed by atoms with E-state index in [-0.39, 0.29) is 6.61 Å². The minimum atomic E-state index is -0.162. The molecule has 0 aromatic carbocycles. The highest BCUT2D eigenvalue weighted by Gasteiger charge is 2.13. The average Bonchev–Trinajstić information content (AvgIpc) is 3.42. The predicted octanol–water partition coefficient (Wildman–Crippen LogP) is 3.46. The lowest BCUT2D eigenvalue weighted by Gasteiger charge is -2.09. The van der Waals surface area contributed by atoms with Crippen LogP contribution in [0, 0.1) is 13.8 Å². The van der Waals surface area contributed by atoms with Crippen molar-refractivity contribution in [2.45, 2.75) is 33.9 Å². The molecule has 0 unspecified atom stereocenters. The van der Waals surface area contributed by atoms with E-state index < -0.39 is 0 Å². The van der Waals surface area contributed by atoms with Gasteiger partial charge < -0.3 is 15.0 Å². The second-order valence-corrected chi connectivity index (χ2v) is 7.25. The number of hydrogen-bond acceptors (Lipinski definition) is 7. The Bertz CT molecular complexity index is 1110. The summed E-state index contributed by atoms with van der Waals surface area (Å²) < 4.78 is 3.76. The third-order valence-electron chi connectivity index (χ3n) is 4.29. The number of nitrogens with zero attached hydrogens (tertiary/aromatic N) is 6. The van der Waals surface area contributed by atoms with Gasteiger partial charge in [-0.1, -0.05) is 0 Å². The average molecular weight is 395 g/mol. The van der Waals surface area contributed by atoms with E-state index in [0.717, 1.165) is 40.3 Å². The molecule has 9 heteroatoms. The fraction of sp³-hybridized carbons (Fsp3) is 0.263. The predicted molar refractivity (Wildman–Crippen MR) is 109 cm³/mol. The number of nitrogens with one attached hydrogen (secondary N) is 1. The van der Waals surface area contributed by atoms with E-state index in [1.807, 2.05) is 52.9 Å². The molecule has 0 aliphatic rings. The van der Waals surface area contributed by atoms with Crippen molar-refractivity contribution in [1.82, 2.24) is 29.3 Å². The van der Waals surface area contributed by atoms with E-state index in [1.165, 1.54) is 11.3 Å². The summed E-state index contributed by atoms with van der Waals surface area (Å²) in [5.74, 6) is 0.913. The summed E-state index contributed by atoms with van der Waals surface area (Å²) in [5, 5.41) is 20.3. The number of aliphatic hydroxyl groups is 1. The maximum Gasteiger partial charge on any atom is 0.188 e. The Morgan fingerprint density at radius 3 is 2.71 bits per heavy atom. The standard InChI is InChI=1S/C19H21N7OS/c1-4-26-18(7-12(2)24-26)23-19-22-16(10-28-19)14-5-6-17(15(9-27)21-14)25-8-13(3)20-11-25/h5-8,10-11,27H,4,9H2,1-3H3,(H,22,23). The number of aliphatic hydroxyl groups excluding tert-OH is 1. The second-order valence-electron chi connectivity index (χ2n) is 6.39. The van der Waals surface area contributed by atoms with Crippen LogP contribution < -0.4 is 5.32 Å². The molecular weight excluding hydrogens is 374 g/mol. The quantitative estimate of drug-likeness (QED) is 0.519. The maximum atomic E-state index is 9.78. The van der Waals surface area contributed by atoms with Gasteiger partial charge in [-0.2, -0.15) is 5.10 Å². The molecule has 0 atom stereocenters. The Morgan fingerprint density at radius 1 is 1.14 bits per heavy atom. The van der Waals surface area contributed by atoms with Crippen molar-refractivity contribution >= 4 is 22.3 Å². The number of hydrogen-bond donors (Lipinski definition) is 2. The van der Waals surface area contributed by atoms with Crippen molar-refractivity contribution in [2.75, 3.05) is 5.32 Å². The van der Waals surface area contributed by atoms with Crippen LogP contribution in [0.2, 0.25) is 0 Å². The fourth-order valence-electron chi connectivity index (χ4n) is 2.99. The van der Waals surface area contributed by atoms with Gasteiger partial charge in [-0.15, -0.1) is 11.3 Å². The van der Waals surface area contributed by atoms with Crippen LogP contribution in [0.3, 0.4) is 0 Å². The summed E-state index contributed by atoms with van der Waals surface area (Å²) in [6, 6.07) is 5.83. The smallest absolute Gasteiger partial charge is 0.188 e. The number of anilines is 2. The highest BCUT2D eigenvalue weighted by molar-refractivity contribution is 7.14. The molecule has 4 aromatic rings. The first kappa shape index (κ1) is 18.3. The summed E-state index contributed by atoms with van der Waals surface area (Å²) in [7, 11) is 0. The van der Waals surface area contributed by atoms with Gasteiger partial charge >= 0.3 is 0 Å². The molecule has 0 spiro atoms. The minimum absolute atomic E-state index is 0.162. The molecule has 0 amide bonds. The van der Waals surface area contributed by atoms with Gasteiger partial charge in [0.15, 0.2) is 5.13 Å². The van der Waals surface area contributed by atoms with E-state index in [1.54, 1.807) is 6.33 Å². The van der Waals surface area contributed by atoms with Gasteiger partial charge in [0.05, 0.1) is 41.4 Å². The van der Waals surface area contributed by atoms with E-state index in [2.05, 4.69) is 32.3 Å². The summed E-state index contributed by atoms with van der Waals surface area (Å²) in [6.07, 6.45) is 3.62. The van der Waals surface area contributed by atoms with Gasteiger partial charge in [0.25, 0.3) is 0 Å². The van der Waals surface area contributed by atoms with Crippen LogP contribution in [-0.2, 0) is 13.2 Å². The Balaban J connectivity index is 1.61. The number of aryl methyl sites for hydroxylation is 3. The largest absolute Gasteiger partial charge is 0.390 e. The summed E-state index contributed by atoms with van der Waals surface area (Å²) in [4.78, 5) is 13.5. The Hall–Kier alpha value is -3.04. The third kappa shape index (κ3) is 3.54. The lowest BCUT2D eigenvalue weighted by molar-refractivity contribution is 0.276. The molecule has 4 aromatic heterocycles. The summed E-state index contributed by atoms with van der Waals surface area (Å²) in [6.45, 7) is 6.56. The zero-order valence-electron chi connectivity index (χ0n) is 15.9. The van der Waals surface area contributed by atoms with Gasteiger partial charge in [0.2, 0.25) is 0 Å². The first-order chi connectivity index (χ1) is 13.6. The van der Waals surface area contributed by atoms with Crippen LogP contribution in [0.25, 0.3) is 17.1 Å². The van der Waals surface area contributed by atoms with Gasteiger partial charge in [-0.3, -0.25) is 0 Å². The van der Waals surface area contributed by atoms with Gasteiger partial charge in [0.1, 0.15) is 11.5 Å². The fourth-order valence-corrected chi connectivity index (χ4v) is 3.70. The molecule has 0 aliphatic heterocycles. The molecule has 4 heterocycles. The van der Waals surface area contributed by atoms with Crippen molar-refractivity contribution in [2.24, 2.45) is 0 Å². The van der Waals surface area contributed by atoms with E-state index in [9.17, 15) is 5.11 Å². The molecule has 0 saturated heterocycles. The van der Waals surface area contributed by atoms with Crippen LogP contribution in [0.15, 0.2) is 36.1 Å². The highest BCUT2D eigenvalue weighted by atomic mass is 32.1. The monoisotopic (exact) mass is 395 g/mol. The Labute approximate surface area is 166 Å². The Kier molecular flexibility index (Phi) is 4.93. The van der Waals surface area contributed by atoms with Crippen molar-refractivity contribution in [3.63, 3.8) is 0 Å². The van der Waals surface area contributed by atoms with Crippen molar-refractivity contribution < 1.29 is 5.11 Å². The number of pyridine rings is 1. The molecule has 0 aliphatic carbocycles. The van der Waals surface area contributed by atoms with Crippen molar-refractivity contribution in [1.29, 1.82) is 0 Å². The van der Waals surface area contributed by atoms with Gasteiger partial charge in [0, 0.05) is 24.2 Å². The minimum Gasteiger partial charge on any atom is -0.390 e. The normalized spacial score (nSPS) is 11.1. The molecule has 0 saturated carbocycles. The number of rotatable bonds is 6. The number of imidazole rings is 1. The number of aromatic nitrogens is 6. The molecule has 8 nitrogen and oxygen atoms in total. The zero-order chi connectivity index (χ0) is 19.7. The van der Waals surface area contributed by atoms with E-state index in [0.29, 0.717) is 11.4 Å². The van der Waals surface area contributed by atoms with Gasteiger partial charge in [-0.05, 0) is 32.9 Å². The highest BCUT2D eigenvalue weighted by Crippen LogP contribution is 2.28. The van der Waals surface area contributed by atoms with Crippen LogP contribution >= 0.6 is 11.3 Å². The maximum absolute atomic E-state index is 9.78. The van der Waals surface area contributed by atoms with Crippen LogP contribution in [-0.4, -0.2) is 34.4 Å². The first-order valence-corrected chi connectivity index (χ1v) is 9.84. The van der Waals surface area contributed by atoms with Crippen LogP contribution in [0.4, 0.5) is 10.9 Å². The number of thiazole rings is 1. The first-order valence-electron chi connectivity index (χ1n) is 8.96. The molecule has 0 bridgehead atoms. The SMILES string of the molecule is CCn1nc(C)cc1Nc1nc(-c2ccc(-n3cnc(C)c3)c(CO)n2)cs1. The molecule has 28 heavy (non-hydrogen) atoms. The molecule has 4 rings (SSSR count). The topological polar surface area (TPSA) is 93.7 Å². The lowest BCUT2D eigenvalue weighted by Crippen LogP contribution is -2.03. The van der Waals surface area contributed by atoms with Crippen molar-refractivity contribution in [3.8, 4) is 17.1 Å². The molecular formula is C19H21N7OS. The van der Waals surface area contributed by atoms with Crippen LogP contribution in [0.5, 0.6) is 0 Å². The van der Waals surface area contributed by atoms with E-state index >= 15 is 0 Å². The lowest BCUT2D eigenvalue weighted by atomic mass is 10.2. The molecule has 0 radical (unpaired) electrons. The zero-order valence-corrected chi connectivity index (χ0v) is 16.7. The van der Waals surface area contributed by atoms with Crippen molar-refractivity contribution in [3.05, 3.63) is 53.2 Å².